The summed E-state index contributed by atoms with van der Waals surface area (Å²) < 4.78 is 7.08. The van der Waals surface area contributed by atoms with Gasteiger partial charge in [0, 0.05) is 25.6 Å². The van der Waals surface area contributed by atoms with E-state index in [0.29, 0.717) is 32.6 Å². The maximum Gasteiger partial charge on any atom is 0.255 e. The van der Waals surface area contributed by atoms with Crippen LogP contribution in [0.25, 0.3) is 0 Å². The predicted molar refractivity (Wildman–Crippen MR) is 132 cm³/mol. The number of ketones is 2. The van der Waals surface area contributed by atoms with Crippen molar-refractivity contribution in [1.82, 2.24) is 0 Å². The van der Waals surface area contributed by atoms with Crippen LogP contribution in [0.4, 0.5) is 11.4 Å². The molecule has 0 unspecified atom stereocenters. The highest BCUT2D eigenvalue weighted by Gasteiger charge is 2.10. The average Bonchev–Trinajstić information content (AvgIpc) is 2.76. The molecule has 0 aliphatic rings. The van der Waals surface area contributed by atoms with E-state index in [1.165, 1.54) is 13.8 Å². The van der Waals surface area contributed by atoms with Gasteiger partial charge in [0.05, 0.1) is 11.4 Å². The Balaban J connectivity index is 1.56. The van der Waals surface area contributed by atoms with Crippen molar-refractivity contribution >= 4 is 60.7 Å². The van der Waals surface area contributed by atoms with Gasteiger partial charge in [-0.05, 0) is 106 Å². The van der Waals surface area contributed by atoms with Crippen LogP contribution in [-0.4, -0.2) is 24.2 Å². The van der Waals surface area contributed by atoms with E-state index in [4.69, 9.17) is 4.74 Å². The van der Waals surface area contributed by atoms with Gasteiger partial charge in [0.2, 0.25) is 0 Å². The number of Topliss-reactive ketones (excluding diaryl/α,β-unsaturated/α-hetero) is 2. The highest BCUT2D eigenvalue weighted by molar-refractivity contribution is 9.11. The zero-order valence-electron chi connectivity index (χ0n) is 17.4. The minimum atomic E-state index is -0.277. The summed E-state index contributed by atoms with van der Waals surface area (Å²) in [5.74, 6) is 0.269. The Bertz CT molecular complexity index is 1180. The van der Waals surface area contributed by atoms with Crippen LogP contribution in [0.2, 0.25) is 0 Å². The highest BCUT2D eigenvalue weighted by Crippen LogP contribution is 2.26. The fraction of sp³-hybridized carbons (Fsp3) is 0.125. The number of ether oxygens (including phenoxy) is 1. The van der Waals surface area contributed by atoms with Crippen molar-refractivity contribution < 1.29 is 19.1 Å². The number of amides is 1. The normalized spacial score (nSPS) is 10.4. The van der Waals surface area contributed by atoms with Gasteiger partial charge in [0.25, 0.3) is 5.91 Å². The molecule has 164 valence electrons. The number of benzene rings is 3. The van der Waals surface area contributed by atoms with Crippen molar-refractivity contribution in [1.29, 1.82) is 0 Å². The van der Waals surface area contributed by atoms with Crippen molar-refractivity contribution in [3.05, 3.63) is 86.3 Å². The molecular formula is C24H20Br2N2O4. The monoisotopic (exact) mass is 558 g/mol. The van der Waals surface area contributed by atoms with Crippen LogP contribution in [0.1, 0.15) is 44.9 Å². The van der Waals surface area contributed by atoms with Gasteiger partial charge in [-0.3, -0.25) is 14.4 Å². The van der Waals surface area contributed by atoms with Gasteiger partial charge < -0.3 is 15.4 Å². The molecule has 8 heteroatoms. The second-order valence-corrected chi connectivity index (χ2v) is 8.65. The number of carbonyl (C=O) groups is 3. The van der Waals surface area contributed by atoms with E-state index in [0.717, 1.165) is 10.2 Å². The van der Waals surface area contributed by atoms with E-state index in [9.17, 15) is 14.4 Å². The zero-order valence-corrected chi connectivity index (χ0v) is 20.5. The quantitative estimate of drug-likeness (QED) is 0.249. The summed E-state index contributed by atoms with van der Waals surface area (Å²) in [5.41, 5.74) is 3.03. The number of rotatable bonds is 8. The number of nitrogens with one attached hydrogen (secondary N) is 2. The van der Waals surface area contributed by atoms with Crippen molar-refractivity contribution in [3.8, 4) is 5.75 Å². The van der Waals surface area contributed by atoms with Crippen molar-refractivity contribution in [2.24, 2.45) is 0 Å². The van der Waals surface area contributed by atoms with E-state index in [1.54, 1.807) is 60.7 Å². The molecule has 0 fully saturated rings. The predicted octanol–water partition coefficient (Wildman–Crippen LogP) is 6.32. The summed E-state index contributed by atoms with van der Waals surface area (Å²) in [6.07, 6.45) is 0. The lowest BCUT2D eigenvalue weighted by Crippen LogP contribution is -2.13. The second-order valence-electron chi connectivity index (χ2n) is 6.95. The lowest BCUT2D eigenvalue weighted by molar-refractivity contribution is 0.100. The Morgan fingerprint density at radius 1 is 0.750 bits per heavy atom. The Kier molecular flexibility index (Phi) is 7.82. The molecule has 0 aliphatic heterocycles. The molecule has 0 spiro atoms. The molecular weight excluding hydrogens is 540 g/mol. The molecule has 0 aliphatic carbocycles. The molecule has 32 heavy (non-hydrogen) atoms. The summed E-state index contributed by atoms with van der Waals surface area (Å²) in [4.78, 5) is 35.4. The highest BCUT2D eigenvalue weighted by atomic mass is 79.9. The lowest BCUT2D eigenvalue weighted by atomic mass is 10.1. The summed E-state index contributed by atoms with van der Waals surface area (Å²) in [6, 6.07) is 17.1. The van der Waals surface area contributed by atoms with Crippen LogP contribution < -0.4 is 15.4 Å². The Morgan fingerprint density at radius 2 is 1.25 bits per heavy atom. The Hall–Kier alpha value is -2.97. The number of carbonyl (C=O) groups excluding carboxylic acids is 3. The van der Waals surface area contributed by atoms with Gasteiger partial charge >= 0.3 is 0 Å². The first-order valence-electron chi connectivity index (χ1n) is 9.63. The lowest BCUT2D eigenvalue weighted by Gasteiger charge is -2.12. The van der Waals surface area contributed by atoms with E-state index in [2.05, 4.69) is 42.5 Å². The van der Waals surface area contributed by atoms with Crippen LogP contribution >= 0.6 is 31.9 Å². The summed E-state index contributed by atoms with van der Waals surface area (Å²) in [7, 11) is 0. The summed E-state index contributed by atoms with van der Waals surface area (Å²) in [5, 5.41) is 5.94. The van der Waals surface area contributed by atoms with E-state index >= 15 is 0 Å². The third-order valence-electron chi connectivity index (χ3n) is 4.62. The molecule has 0 saturated heterocycles. The molecule has 3 aromatic rings. The molecule has 0 radical (unpaired) electrons. The second kappa shape index (κ2) is 10.6. The standard InChI is InChI=1S/C24H20Br2N2O4/c1-14(29)17-5-9-22(20(25)11-17)27-13-32-19-7-3-16(4-8-19)24(31)28-23-10-6-18(15(2)30)12-21(23)26/h3-12,27H,13H2,1-2H3,(H,28,31). The van der Waals surface area contributed by atoms with Crippen LogP contribution in [0.3, 0.4) is 0 Å². The van der Waals surface area contributed by atoms with Crippen molar-refractivity contribution in [2.75, 3.05) is 17.4 Å². The van der Waals surface area contributed by atoms with Gasteiger partial charge in [-0.1, -0.05) is 0 Å². The third kappa shape index (κ3) is 6.05. The first-order chi connectivity index (χ1) is 15.2. The van der Waals surface area contributed by atoms with E-state index < -0.39 is 0 Å². The maximum atomic E-state index is 12.5. The number of hydrogen-bond donors (Lipinski definition) is 2. The first kappa shape index (κ1) is 23.7. The molecule has 0 atom stereocenters. The molecule has 3 rings (SSSR count). The van der Waals surface area contributed by atoms with E-state index in [-0.39, 0.29) is 24.2 Å². The first-order valence-corrected chi connectivity index (χ1v) is 11.2. The maximum absolute atomic E-state index is 12.5. The van der Waals surface area contributed by atoms with Crippen molar-refractivity contribution in [2.45, 2.75) is 13.8 Å². The van der Waals surface area contributed by atoms with Crippen LogP contribution in [0.15, 0.2) is 69.6 Å². The fourth-order valence-electron chi connectivity index (χ4n) is 2.81. The number of anilines is 2. The molecule has 1 amide bonds. The fourth-order valence-corrected chi connectivity index (χ4v) is 3.80. The number of halogens is 2. The molecule has 0 heterocycles. The molecule has 3 aromatic carbocycles. The molecule has 0 saturated carbocycles. The van der Waals surface area contributed by atoms with Crippen molar-refractivity contribution in [3.63, 3.8) is 0 Å². The Morgan fingerprint density at radius 3 is 1.75 bits per heavy atom. The minimum absolute atomic E-state index is 0.00180. The average molecular weight is 560 g/mol. The van der Waals surface area contributed by atoms with Crippen LogP contribution in [-0.2, 0) is 0 Å². The minimum Gasteiger partial charge on any atom is -0.473 e. The zero-order chi connectivity index (χ0) is 23.3. The largest absolute Gasteiger partial charge is 0.473 e. The van der Waals surface area contributed by atoms with Gasteiger partial charge in [-0.2, -0.15) is 0 Å². The third-order valence-corrected chi connectivity index (χ3v) is 5.93. The Labute approximate surface area is 202 Å². The van der Waals surface area contributed by atoms with Crippen LogP contribution in [0, 0.1) is 0 Å². The summed E-state index contributed by atoms with van der Waals surface area (Å²) in [6.45, 7) is 3.21. The van der Waals surface area contributed by atoms with Gasteiger partial charge in [-0.15, -0.1) is 0 Å². The topological polar surface area (TPSA) is 84.5 Å². The molecule has 6 nitrogen and oxygen atoms in total. The van der Waals surface area contributed by atoms with Gasteiger partial charge in [0.1, 0.15) is 5.75 Å². The SMILES string of the molecule is CC(=O)c1ccc(NCOc2ccc(C(=O)Nc3ccc(C(C)=O)cc3Br)cc2)c(Br)c1. The smallest absolute Gasteiger partial charge is 0.255 e. The van der Waals surface area contributed by atoms with E-state index in [1.807, 2.05) is 0 Å². The summed E-state index contributed by atoms with van der Waals surface area (Å²) >= 11 is 6.81. The molecule has 0 aromatic heterocycles. The molecule has 0 bridgehead atoms. The number of hydrogen-bond acceptors (Lipinski definition) is 5. The van der Waals surface area contributed by atoms with Gasteiger partial charge in [0.15, 0.2) is 18.3 Å². The van der Waals surface area contributed by atoms with Gasteiger partial charge in [-0.25, -0.2) is 0 Å². The molecule has 2 N–H and O–H groups in total. The van der Waals surface area contributed by atoms with Crippen LogP contribution in [0.5, 0.6) is 5.75 Å².